The number of fused-ring (bicyclic) bond motifs is 1. The molecule has 0 bridgehead atoms. The summed E-state index contributed by atoms with van der Waals surface area (Å²) >= 11 is 0. The molecule has 1 aromatic heterocycles. The predicted octanol–water partition coefficient (Wildman–Crippen LogP) is 3.26. The van der Waals surface area contributed by atoms with Crippen LogP contribution in [0.1, 0.15) is 52.7 Å². The number of carbonyl (C=O) groups is 1. The Kier molecular flexibility index (Phi) is 5.20. The molecular weight excluding hydrogens is 460 g/mol. The highest BCUT2D eigenvalue weighted by atomic mass is 16.7. The van der Waals surface area contributed by atoms with Crippen LogP contribution >= 0.6 is 0 Å². The molecule has 1 aromatic carbocycles. The summed E-state index contributed by atoms with van der Waals surface area (Å²) in [5, 5.41) is 23.7. The number of aliphatic hydroxyl groups is 2. The topological polar surface area (TPSA) is 114 Å². The maximum Gasteiger partial charge on any atom is 0.303 e. The lowest BCUT2D eigenvalue weighted by Crippen LogP contribution is -2.70. The first-order valence-corrected chi connectivity index (χ1v) is 12.8. The van der Waals surface area contributed by atoms with Crippen molar-refractivity contribution in [3.8, 4) is 0 Å². The van der Waals surface area contributed by atoms with E-state index in [1.165, 1.54) is 6.92 Å². The van der Waals surface area contributed by atoms with E-state index in [4.69, 9.17) is 19.2 Å². The number of aromatic nitrogens is 2. The van der Waals surface area contributed by atoms with E-state index in [-0.39, 0.29) is 11.8 Å². The summed E-state index contributed by atoms with van der Waals surface area (Å²) in [6, 6.07) is 7.64. The van der Waals surface area contributed by atoms with Gasteiger partial charge in [-0.05, 0) is 48.3 Å². The maximum absolute atomic E-state index is 12.1. The lowest BCUT2D eigenvalue weighted by Gasteiger charge is -2.63. The van der Waals surface area contributed by atoms with Gasteiger partial charge in [-0.15, -0.1) is 0 Å². The fourth-order valence-corrected chi connectivity index (χ4v) is 7.56. The molecule has 8 heteroatoms. The third-order valence-electron chi connectivity index (χ3n) is 9.88. The minimum Gasteiger partial charge on any atom is -0.456 e. The number of para-hydroxylation sites is 2. The Morgan fingerprint density at radius 2 is 1.97 bits per heavy atom. The summed E-state index contributed by atoms with van der Waals surface area (Å²) < 4.78 is 17.7. The number of aliphatic hydroxyl groups excluding tert-OH is 1. The van der Waals surface area contributed by atoms with E-state index in [1.807, 2.05) is 38.1 Å². The largest absolute Gasteiger partial charge is 0.456 e. The average Bonchev–Trinajstić information content (AvgIpc) is 3.62. The van der Waals surface area contributed by atoms with Gasteiger partial charge in [-0.2, -0.15) is 0 Å². The lowest BCUT2D eigenvalue weighted by molar-refractivity contribution is -0.339. The van der Waals surface area contributed by atoms with E-state index < -0.39 is 40.4 Å². The molecule has 8 nitrogen and oxygen atoms in total. The standard InChI is InChI=1S/C28H34N2O6/c1-16-24(36-17(2)31)28(33)26(4)18(14-34-28)8-7-11-21(26)25(16,3)12-23(32)27(15-35-27)22-13-29-19-9-5-6-10-20(19)30-22/h5-6,8-10,13,16,21,23-24,32-33H,7,11-12,14-15H2,1-4H3/t16-,21+,23-,24-,25-,26-,27-,28+/m1/s1. The second kappa shape index (κ2) is 7.81. The third kappa shape index (κ3) is 3.05. The van der Waals surface area contributed by atoms with Gasteiger partial charge in [0.25, 0.3) is 0 Å². The van der Waals surface area contributed by atoms with Crippen LogP contribution in [0.4, 0.5) is 0 Å². The molecule has 3 heterocycles. The van der Waals surface area contributed by atoms with Crippen LogP contribution in [0.25, 0.3) is 11.0 Å². The van der Waals surface area contributed by atoms with Gasteiger partial charge in [0, 0.05) is 12.8 Å². The fraction of sp³-hybridized carbons (Fsp3) is 0.607. The van der Waals surface area contributed by atoms with E-state index in [0.29, 0.717) is 25.3 Å². The second-order valence-electron chi connectivity index (χ2n) is 11.5. The van der Waals surface area contributed by atoms with Gasteiger partial charge in [-0.25, -0.2) is 4.98 Å². The Morgan fingerprint density at radius 1 is 1.25 bits per heavy atom. The van der Waals surface area contributed by atoms with Crippen molar-refractivity contribution >= 4 is 17.0 Å². The van der Waals surface area contributed by atoms with Crippen LogP contribution in [0.15, 0.2) is 42.1 Å². The number of epoxide rings is 1. The number of benzene rings is 1. The molecule has 192 valence electrons. The van der Waals surface area contributed by atoms with Crippen molar-refractivity contribution in [2.75, 3.05) is 13.2 Å². The number of esters is 1. The van der Waals surface area contributed by atoms with Gasteiger partial charge in [-0.3, -0.25) is 9.78 Å². The summed E-state index contributed by atoms with van der Waals surface area (Å²) in [7, 11) is 0. The summed E-state index contributed by atoms with van der Waals surface area (Å²) in [5.74, 6) is -2.35. The smallest absolute Gasteiger partial charge is 0.303 e. The zero-order valence-electron chi connectivity index (χ0n) is 21.2. The molecule has 0 unspecified atom stereocenters. The molecule has 2 aliphatic heterocycles. The molecule has 2 aromatic rings. The number of nitrogens with zero attached hydrogens (tertiary/aromatic N) is 2. The number of ether oxygens (including phenoxy) is 3. The van der Waals surface area contributed by atoms with E-state index in [0.717, 1.165) is 29.4 Å². The Bertz CT molecular complexity index is 1260. The lowest BCUT2D eigenvalue weighted by atomic mass is 9.44. The highest BCUT2D eigenvalue weighted by Crippen LogP contribution is 2.69. The Morgan fingerprint density at radius 3 is 2.67 bits per heavy atom. The summed E-state index contributed by atoms with van der Waals surface area (Å²) in [4.78, 5) is 21.5. The monoisotopic (exact) mass is 494 g/mol. The van der Waals surface area contributed by atoms with Crippen LogP contribution in [0.5, 0.6) is 0 Å². The summed E-state index contributed by atoms with van der Waals surface area (Å²) in [6.07, 6.45) is 4.24. The van der Waals surface area contributed by atoms with Crippen LogP contribution in [0.2, 0.25) is 0 Å². The zero-order valence-corrected chi connectivity index (χ0v) is 21.2. The van der Waals surface area contributed by atoms with E-state index in [9.17, 15) is 15.0 Å². The highest BCUT2D eigenvalue weighted by Gasteiger charge is 2.74. The first kappa shape index (κ1) is 24.0. The maximum atomic E-state index is 12.1. The first-order valence-electron chi connectivity index (χ1n) is 12.8. The Balaban J connectivity index is 1.38. The molecule has 2 saturated heterocycles. The normalized spacial score (nSPS) is 41.9. The van der Waals surface area contributed by atoms with Gasteiger partial charge in [0.15, 0.2) is 11.7 Å². The quantitative estimate of drug-likeness (QED) is 0.370. The SMILES string of the molecule is CC(=O)O[C@@H]1[C@@H](C)[C@@](C)(C[C@@H](O)[C@]2(c3cnc4ccccc4n3)CO2)[C@@H]2CCC=C3CO[C@]1(O)[C@]32C. The molecule has 36 heavy (non-hydrogen) atoms. The van der Waals surface area contributed by atoms with Crippen molar-refractivity contribution in [2.24, 2.45) is 22.7 Å². The van der Waals surface area contributed by atoms with Crippen LogP contribution < -0.4 is 0 Å². The minimum absolute atomic E-state index is 0.00689. The van der Waals surface area contributed by atoms with Crippen LogP contribution in [-0.4, -0.2) is 57.4 Å². The van der Waals surface area contributed by atoms with E-state index in [1.54, 1.807) is 6.20 Å². The molecule has 8 atom stereocenters. The van der Waals surface area contributed by atoms with Crippen LogP contribution in [0, 0.1) is 22.7 Å². The molecule has 3 fully saturated rings. The molecule has 1 saturated carbocycles. The average molecular weight is 495 g/mol. The van der Waals surface area contributed by atoms with Crippen molar-refractivity contribution in [1.29, 1.82) is 0 Å². The number of allylic oxidation sites excluding steroid dienone is 1. The van der Waals surface area contributed by atoms with Gasteiger partial charge in [0.05, 0.1) is 47.7 Å². The van der Waals surface area contributed by atoms with Gasteiger partial charge in [-0.1, -0.05) is 39.0 Å². The Labute approximate surface area is 210 Å². The number of carbonyl (C=O) groups excluding carboxylic acids is 1. The molecule has 0 radical (unpaired) electrons. The van der Waals surface area contributed by atoms with Gasteiger partial charge >= 0.3 is 5.97 Å². The van der Waals surface area contributed by atoms with Crippen molar-refractivity contribution in [3.05, 3.63) is 47.8 Å². The van der Waals surface area contributed by atoms with Crippen molar-refractivity contribution in [2.45, 2.75) is 70.6 Å². The number of rotatable bonds is 5. The Hall–Kier alpha value is -2.39. The van der Waals surface area contributed by atoms with Crippen LogP contribution in [-0.2, 0) is 24.6 Å². The number of hydrogen-bond donors (Lipinski definition) is 2. The minimum atomic E-state index is -1.61. The van der Waals surface area contributed by atoms with Gasteiger partial charge in [0.2, 0.25) is 5.79 Å². The molecule has 0 amide bonds. The molecule has 2 N–H and O–H groups in total. The van der Waals surface area contributed by atoms with Gasteiger partial charge in [0.1, 0.15) is 0 Å². The molecule has 6 rings (SSSR count). The summed E-state index contributed by atoms with van der Waals surface area (Å²) in [5.41, 5.74) is 1.07. The summed E-state index contributed by atoms with van der Waals surface area (Å²) in [6.45, 7) is 8.20. The van der Waals surface area contributed by atoms with Crippen molar-refractivity contribution in [3.63, 3.8) is 0 Å². The van der Waals surface area contributed by atoms with Gasteiger partial charge < -0.3 is 24.4 Å². The van der Waals surface area contributed by atoms with E-state index >= 15 is 0 Å². The number of hydrogen-bond acceptors (Lipinski definition) is 8. The van der Waals surface area contributed by atoms with Crippen molar-refractivity contribution < 1.29 is 29.2 Å². The fourth-order valence-electron chi connectivity index (χ4n) is 7.56. The molecule has 2 aliphatic carbocycles. The molecule has 0 spiro atoms. The predicted molar refractivity (Wildman–Crippen MR) is 130 cm³/mol. The van der Waals surface area contributed by atoms with Crippen LogP contribution in [0.3, 0.4) is 0 Å². The zero-order chi connectivity index (χ0) is 25.5. The third-order valence-corrected chi connectivity index (χ3v) is 9.88. The highest BCUT2D eigenvalue weighted by molar-refractivity contribution is 5.73. The van der Waals surface area contributed by atoms with E-state index in [2.05, 4.69) is 18.0 Å². The second-order valence-corrected chi connectivity index (χ2v) is 11.5. The molecular formula is C28H34N2O6. The van der Waals surface area contributed by atoms with Crippen molar-refractivity contribution in [1.82, 2.24) is 9.97 Å². The molecule has 4 aliphatic rings. The first-order chi connectivity index (χ1) is 17.1.